The largest absolute Gasteiger partial charge is 0.507 e. The number of alkyl halides is 3. The fourth-order valence-electron chi connectivity index (χ4n) is 3.95. The highest BCUT2D eigenvalue weighted by molar-refractivity contribution is 6.01. The van der Waals surface area contributed by atoms with Crippen LogP contribution in [0.2, 0.25) is 0 Å². The first-order valence-electron chi connectivity index (χ1n) is 9.96. The molecule has 1 aliphatic rings. The van der Waals surface area contributed by atoms with Gasteiger partial charge in [-0.3, -0.25) is 0 Å². The number of likely N-dealkylation sites (N-methyl/N-ethyl adjacent to an activating group) is 1. The van der Waals surface area contributed by atoms with Crippen molar-refractivity contribution in [3.05, 3.63) is 42.0 Å². The lowest BCUT2D eigenvalue weighted by atomic mass is 10.0. The summed E-state index contributed by atoms with van der Waals surface area (Å²) in [4.78, 5) is 2.24. The molecule has 1 aliphatic heterocycles. The smallest absolute Gasteiger partial charge is 0.416 e. The second kappa shape index (κ2) is 8.22. The van der Waals surface area contributed by atoms with E-state index in [-0.39, 0.29) is 11.6 Å². The van der Waals surface area contributed by atoms with E-state index in [0.29, 0.717) is 28.7 Å². The maximum Gasteiger partial charge on any atom is 0.416 e. The van der Waals surface area contributed by atoms with E-state index >= 15 is 0 Å². The number of phenols is 1. The maximum atomic E-state index is 13.0. The van der Waals surface area contributed by atoms with Crippen LogP contribution < -0.4 is 10.1 Å². The lowest BCUT2D eigenvalue weighted by molar-refractivity contribution is -0.137. The van der Waals surface area contributed by atoms with E-state index in [1.165, 1.54) is 6.07 Å². The number of aromatic nitrogens is 2. The van der Waals surface area contributed by atoms with Gasteiger partial charge in [-0.15, -0.1) is 10.2 Å². The zero-order valence-corrected chi connectivity index (χ0v) is 17.2. The van der Waals surface area contributed by atoms with Crippen LogP contribution in [-0.4, -0.2) is 53.5 Å². The standard InChI is InChI=1S/C22H23F3N4O2/c1-29-9-3-4-14(12-29)26-21-18-11-15(31-2)6-8-16(18)20(27-28-21)17-7-5-13(10-19(17)30)22(23,24)25/h5-8,10-11,14,30H,3-4,9,12H2,1-2H3,(H,26,28). The molecule has 2 heterocycles. The molecule has 0 bridgehead atoms. The lowest BCUT2D eigenvalue weighted by Crippen LogP contribution is -2.40. The van der Waals surface area contributed by atoms with Crippen molar-refractivity contribution in [3.63, 3.8) is 0 Å². The molecule has 9 heteroatoms. The molecule has 1 saturated heterocycles. The van der Waals surface area contributed by atoms with Gasteiger partial charge < -0.3 is 20.1 Å². The van der Waals surface area contributed by atoms with E-state index in [2.05, 4.69) is 27.5 Å². The summed E-state index contributed by atoms with van der Waals surface area (Å²) in [6, 6.07) is 8.37. The molecule has 6 nitrogen and oxygen atoms in total. The first kappa shape index (κ1) is 21.2. The summed E-state index contributed by atoms with van der Waals surface area (Å²) in [5.41, 5.74) is -0.442. The molecule has 2 aromatic carbocycles. The van der Waals surface area contributed by atoms with E-state index in [0.717, 1.165) is 37.4 Å². The minimum absolute atomic E-state index is 0.180. The predicted molar refractivity (Wildman–Crippen MR) is 112 cm³/mol. The van der Waals surface area contributed by atoms with Gasteiger partial charge in [0.25, 0.3) is 0 Å². The zero-order valence-electron chi connectivity index (χ0n) is 17.2. The van der Waals surface area contributed by atoms with Crippen molar-refractivity contribution >= 4 is 16.6 Å². The lowest BCUT2D eigenvalue weighted by Gasteiger charge is -2.30. The fourth-order valence-corrected chi connectivity index (χ4v) is 3.95. The van der Waals surface area contributed by atoms with Gasteiger partial charge >= 0.3 is 6.18 Å². The van der Waals surface area contributed by atoms with E-state index < -0.39 is 17.5 Å². The monoisotopic (exact) mass is 432 g/mol. The molecule has 2 N–H and O–H groups in total. The summed E-state index contributed by atoms with van der Waals surface area (Å²) in [6.07, 6.45) is -2.47. The number of anilines is 1. The first-order valence-corrected chi connectivity index (χ1v) is 9.96. The van der Waals surface area contributed by atoms with Crippen LogP contribution in [0, 0.1) is 0 Å². The van der Waals surface area contributed by atoms with Crippen LogP contribution in [-0.2, 0) is 6.18 Å². The number of nitrogens with zero attached hydrogens (tertiary/aromatic N) is 3. The van der Waals surface area contributed by atoms with Gasteiger partial charge in [-0.25, -0.2) is 0 Å². The minimum Gasteiger partial charge on any atom is -0.507 e. The molecule has 0 saturated carbocycles. The molecule has 1 aromatic heterocycles. The molecule has 0 amide bonds. The number of fused-ring (bicyclic) bond motifs is 1. The van der Waals surface area contributed by atoms with Gasteiger partial charge in [0.05, 0.1) is 12.7 Å². The van der Waals surface area contributed by atoms with E-state index in [4.69, 9.17) is 4.74 Å². The number of hydrogen-bond donors (Lipinski definition) is 2. The van der Waals surface area contributed by atoms with Crippen LogP contribution in [0.5, 0.6) is 11.5 Å². The number of halogens is 3. The van der Waals surface area contributed by atoms with Gasteiger partial charge in [-0.1, -0.05) is 0 Å². The highest BCUT2D eigenvalue weighted by atomic mass is 19.4. The fraction of sp³-hybridized carbons (Fsp3) is 0.364. The Labute approximate surface area is 177 Å². The molecule has 31 heavy (non-hydrogen) atoms. The van der Waals surface area contributed by atoms with Crippen molar-refractivity contribution in [1.29, 1.82) is 0 Å². The van der Waals surface area contributed by atoms with Crippen LogP contribution in [0.25, 0.3) is 22.0 Å². The Hall–Kier alpha value is -3.07. The summed E-state index contributed by atoms with van der Waals surface area (Å²) in [5.74, 6) is 0.687. The Bertz CT molecular complexity index is 1100. The average Bonchev–Trinajstić information content (AvgIpc) is 2.73. The molecule has 1 atom stereocenters. The number of methoxy groups -OCH3 is 1. The Balaban J connectivity index is 1.79. The molecular formula is C22H23F3N4O2. The van der Waals surface area contributed by atoms with Gasteiger partial charge in [0.2, 0.25) is 0 Å². The number of phenolic OH excluding ortho intramolecular Hbond substituents is 1. The highest BCUT2D eigenvalue weighted by Gasteiger charge is 2.31. The third-order valence-corrected chi connectivity index (χ3v) is 5.53. The third kappa shape index (κ3) is 4.36. The number of aromatic hydroxyl groups is 1. The molecule has 1 unspecified atom stereocenters. The van der Waals surface area contributed by atoms with E-state index in [1.807, 2.05) is 6.07 Å². The molecule has 1 fully saturated rings. The summed E-state index contributed by atoms with van der Waals surface area (Å²) >= 11 is 0. The number of nitrogens with one attached hydrogen (secondary N) is 1. The Kier molecular flexibility index (Phi) is 5.62. The number of piperidine rings is 1. The molecule has 0 spiro atoms. The second-order valence-corrected chi connectivity index (χ2v) is 7.78. The Morgan fingerprint density at radius 2 is 1.94 bits per heavy atom. The van der Waals surface area contributed by atoms with E-state index in [9.17, 15) is 18.3 Å². The maximum absolute atomic E-state index is 13.0. The summed E-state index contributed by atoms with van der Waals surface area (Å²) in [7, 11) is 3.62. The molecule has 0 aliphatic carbocycles. The van der Waals surface area contributed by atoms with Crippen LogP contribution in [0.15, 0.2) is 36.4 Å². The molecular weight excluding hydrogens is 409 g/mol. The van der Waals surface area contributed by atoms with Gasteiger partial charge in [0.1, 0.15) is 17.2 Å². The van der Waals surface area contributed by atoms with Crippen LogP contribution >= 0.6 is 0 Å². The Morgan fingerprint density at radius 1 is 1.13 bits per heavy atom. The number of hydrogen-bond acceptors (Lipinski definition) is 6. The summed E-state index contributed by atoms with van der Waals surface area (Å²) in [6.45, 7) is 1.92. The highest BCUT2D eigenvalue weighted by Crippen LogP contribution is 2.39. The predicted octanol–water partition coefficient (Wildman–Crippen LogP) is 4.54. The molecule has 4 rings (SSSR count). The van der Waals surface area contributed by atoms with Crippen molar-refractivity contribution in [3.8, 4) is 22.8 Å². The number of benzene rings is 2. The molecule has 0 radical (unpaired) electrons. The third-order valence-electron chi connectivity index (χ3n) is 5.53. The van der Waals surface area contributed by atoms with Crippen molar-refractivity contribution in [2.75, 3.05) is 32.6 Å². The SMILES string of the molecule is COc1ccc2c(-c3ccc(C(F)(F)F)cc3O)nnc(NC3CCCN(C)C3)c2c1. The van der Waals surface area contributed by atoms with Gasteiger partial charge in [-0.05, 0) is 62.8 Å². The van der Waals surface area contributed by atoms with Crippen molar-refractivity contribution in [2.45, 2.75) is 25.1 Å². The quantitative estimate of drug-likeness (QED) is 0.631. The van der Waals surface area contributed by atoms with Crippen molar-refractivity contribution in [2.24, 2.45) is 0 Å². The Morgan fingerprint density at radius 3 is 2.61 bits per heavy atom. The van der Waals surface area contributed by atoms with Crippen LogP contribution in [0.4, 0.5) is 19.0 Å². The topological polar surface area (TPSA) is 70.5 Å². The van der Waals surface area contributed by atoms with Gasteiger partial charge in [0.15, 0.2) is 5.82 Å². The second-order valence-electron chi connectivity index (χ2n) is 7.78. The number of rotatable bonds is 4. The summed E-state index contributed by atoms with van der Waals surface area (Å²) < 4.78 is 44.3. The number of likely N-dealkylation sites (tertiary alicyclic amines) is 1. The normalized spacial score (nSPS) is 17.6. The van der Waals surface area contributed by atoms with Crippen molar-refractivity contribution < 1.29 is 23.0 Å². The average molecular weight is 432 g/mol. The van der Waals surface area contributed by atoms with Crippen LogP contribution in [0.3, 0.4) is 0 Å². The van der Waals surface area contributed by atoms with Gasteiger partial charge in [-0.2, -0.15) is 13.2 Å². The first-order chi connectivity index (χ1) is 14.8. The van der Waals surface area contributed by atoms with Crippen LogP contribution in [0.1, 0.15) is 18.4 Å². The number of ether oxygens (including phenoxy) is 1. The van der Waals surface area contributed by atoms with Gasteiger partial charge in [0, 0.05) is 28.9 Å². The minimum atomic E-state index is -4.54. The summed E-state index contributed by atoms with van der Waals surface area (Å²) in [5, 5.41) is 23.7. The zero-order chi connectivity index (χ0) is 22.2. The molecule has 164 valence electrons. The van der Waals surface area contributed by atoms with Crippen molar-refractivity contribution in [1.82, 2.24) is 15.1 Å². The molecule has 3 aromatic rings. The van der Waals surface area contributed by atoms with E-state index in [1.54, 1.807) is 19.2 Å².